The molecule has 12 nitrogen and oxygen atoms in total. The van der Waals surface area contributed by atoms with Gasteiger partial charge in [-0.25, -0.2) is 4.79 Å². The molecular weight excluding hydrogens is 362 g/mol. The summed E-state index contributed by atoms with van der Waals surface area (Å²) in [5.74, 6) is -4.78. The van der Waals surface area contributed by atoms with Crippen LogP contribution >= 0.6 is 0 Å². The number of rotatable bonds is 12. The summed E-state index contributed by atoms with van der Waals surface area (Å²) in [6, 6.07) is -4.09. The normalized spacial score (nSPS) is 14.0. The molecule has 0 aliphatic heterocycles. The van der Waals surface area contributed by atoms with Crippen molar-refractivity contribution in [1.29, 1.82) is 0 Å². The Balaban J connectivity index is 5.10. The molecule has 0 aromatic rings. The molecule has 0 aromatic heterocycles. The maximum absolute atomic E-state index is 12.4. The molecule has 0 fully saturated rings. The molecule has 0 rings (SSSR count). The summed E-state index contributed by atoms with van der Waals surface area (Å²) in [7, 11) is 0. The summed E-state index contributed by atoms with van der Waals surface area (Å²) in [4.78, 5) is 57.9. The summed E-state index contributed by atoms with van der Waals surface area (Å²) in [6.07, 6.45) is -0.410. The van der Waals surface area contributed by atoms with E-state index in [1.165, 1.54) is 0 Å². The zero-order valence-electron chi connectivity index (χ0n) is 15.2. The highest BCUT2D eigenvalue weighted by atomic mass is 16.4. The van der Waals surface area contributed by atoms with Crippen LogP contribution in [0, 0.1) is 5.92 Å². The SMILES string of the molecule is CC(C)CC(NC(=O)CN)C(=O)NC(CO)C(=O)NC(CC(N)=O)C(=O)O. The monoisotopic (exact) mass is 389 g/mol. The van der Waals surface area contributed by atoms with Crippen molar-refractivity contribution in [2.45, 2.75) is 44.8 Å². The van der Waals surface area contributed by atoms with Gasteiger partial charge in [-0.2, -0.15) is 0 Å². The Hall–Kier alpha value is -2.73. The number of aliphatic carboxylic acids is 1. The molecule has 154 valence electrons. The van der Waals surface area contributed by atoms with Crippen LogP contribution in [0.4, 0.5) is 0 Å². The number of aliphatic hydroxyl groups is 1. The molecule has 12 heteroatoms. The van der Waals surface area contributed by atoms with Gasteiger partial charge in [-0.05, 0) is 12.3 Å². The summed E-state index contributed by atoms with van der Waals surface area (Å²) in [5.41, 5.74) is 10.1. The average Bonchev–Trinajstić information content (AvgIpc) is 2.56. The van der Waals surface area contributed by atoms with Crippen molar-refractivity contribution in [3.63, 3.8) is 0 Å². The smallest absolute Gasteiger partial charge is 0.326 e. The summed E-state index contributed by atoms with van der Waals surface area (Å²) >= 11 is 0. The average molecular weight is 389 g/mol. The van der Waals surface area contributed by atoms with Crippen LogP contribution in [0.5, 0.6) is 0 Å². The first-order chi connectivity index (χ1) is 12.5. The second-order valence-corrected chi connectivity index (χ2v) is 6.27. The molecule has 0 bridgehead atoms. The van der Waals surface area contributed by atoms with Crippen molar-refractivity contribution in [3.8, 4) is 0 Å². The molecule has 0 saturated carbocycles. The van der Waals surface area contributed by atoms with E-state index in [0.717, 1.165) is 0 Å². The lowest BCUT2D eigenvalue weighted by Gasteiger charge is -2.24. The number of carboxylic acid groups (broad SMARTS) is 1. The topological polar surface area (TPSA) is 214 Å². The van der Waals surface area contributed by atoms with Crippen molar-refractivity contribution in [2.24, 2.45) is 17.4 Å². The first-order valence-electron chi connectivity index (χ1n) is 8.23. The quantitative estimate of drug-likeness (QED) is 0.176. The first kappa shape index (κ1) is 24.3. The van der Waals surface area contributed by atoms with E-state index >= 15 is 0 Å². The summed E-state index contributed by atoms with van der Waals surface area (Å²) < 4.78 is 0. The van der Waals surface area contributed by atoms with E-state index in [1.807, 2.05) is 19.2 Å². The van der Waals surface area contributed by atoms with Crippen LogP contribution in [0.1, 0.15) is 26.7 Å². The predicted molar refractivity (Wildman–Crippen MR) is 92.8 cm³/mol. The van der Waals surface area contributed by atoms with Gasteiger partial charge >= 0.3 is 5.97 Å². The number of carbonyl (C=O) groups is 5. The van der Waals surface area contributed by atoms with Crippen LogP contribution < -0.4 is 27.4 Å². The van der Waals surface area contributed by atoms with Crippen LogP contribution in [-0.4, -0.2) is 71.1 Å². The lowest BCUT2D eigenvalue weighted by molar-refractivity contribution is -0.144. The number of carboxylic acids is 1. The Morgan fingerprint density at radius 1 is 0.926 bits per heavy atom. The van der Waals surface area contributed by atoms with E-state index in [9.17, 15) is 29.1 Å². The Morgan fingerprint density at radius 2 is 1.44 bits per heavy atom. The van der Waals surface area contributed by atoms with E-state index in [4.69, 9.17) is 16.6 Å². The van der Waals surface area contributed by atoms with Crippen LogP contribution in [0.3, 0.4) is 0 Å². The van der Waals surface area contributed by atoms with Crippen molar-refractivity contribution in [3.05, 3.63) is 0 Å². The largest absolute Gasteiger partial charge is 0.480 e. The fourth-order valence-corrected chi connectivity index (χ4v) is 2.10. The van der Waals surface area contributed by atoms with Gasteiger partial charge in [-0.3, -0.25) is 19.2 Å². The number of amides is 4. The third kappa shape index (κ3) is 9.51. The molecule has 0 saturated heterocycles. The Labute approximate surface area is 156 Å². The number of nitrogens with one attached hydrogen (secondary N) is 3. The van der Waals surface area contributed by atoms with Crippen LogP contribution in [0.2, 0.25) is 0 Å². The number of primary amides is 1. The van der Waals surface area contributed by atoms with Gasteiger partial charge in [0.1, 0.15) is 18.1 Å². The van der Waals surface area contributed by atoms with Crippen LogP contribution in [0.25, 0.3) is 0 Å². The van der Waals surface area contributed by atoms with E-state index in [0.29, 0.717) is 0 Å². The van der Waals surface area contributed by atoms with Crippen molar-refractivity contribution in [2.75, 3.05) is 13.2 Å². The maximum Gasteiger partial charge on any atom is 0.326 e. The maximum atomic E-state index is 12.4. The van der Waals surface area contributed by atoms with Gasteiger partial charge in [0.25, 0.3) is 0 Å². The van der Waals surface area contributed by atoms with E-state index in [2.05, 4.69) is 10.6 Å². The van der Waals surface area contributed by atoms with Crippen LogP contribution in [0.15, 0.2) is 0 Å². The molecular formula is C15H27N5O7. The molecule has 3 unspecified atom stereocenters. The fraction of sp³-hybridized carbons (Fsp3) is 0.667. The third-order valence-corrected chi connectivity index (χ3v) is 3.38. The summed E-state index contributed by atoms with van der Waals surface area (Å²) in [5, 5.41) is 25.0. The van der Waals surface area contributed by atoms with Crippen molar-refractivity contribution in [1.82, 2.24) is 16.0 Å². The van der Waals surface area contributed by atoms with Gasteiger partial charge in [-0.15, -0.1) is 0 Å². The molecule has 0 heterocycles. The number of carbonyl (C=O) groups excluding carboxylic acids is 4. The minimum absolute atomic E-state index is 0.0205. The molecule has 0 aromatic carbocycles. The number of hydrogen-bond acceptors (Lipinski definition) is 7. The zero-order chi connectivity index (χ0) is 21.1. The van der Waals surface area contributed by atoms with E-state index in [1.54, 1.807) is 0 Å². The second kappa shape index (κ2) is 11.8. The van der Waals surface area contributed by atoms with Crippen LogP contribution in [-0.2, 0) is 24.0 Å². The molecule has 0 spiro atoms. The molecule has 0 aliphatic rings. The predicted octanol–water partition coefficient (Wildman–Crippen LogP) is -3.60. The molecule has 3 atom stereocenters. The van der Waals surface area contributed by atoms with Gasteiger partial charge in [0, 0.05) is 0 Å². The van der Waals surface area contributed by atoms with E-state index in [-0.39, 0.29) is 18.9 Å². The van der Waals surface area contributed by atoms with Gasteiger partial charge < -0.3 is 37.6 Å². The van der Waals surface area contributed by atoms with Crippen molar-refractivity contribution < 1.29 is 34.2 Å². The fourth-order valence-electron chi connectivity index (χ4n) is 2.10. The molecule has 9 N–H and O–H groups in total. The Bertz CT molecular complexity index is 567. The summed E-state index contributed by atoms with van der Waals surface area (Å²) in [6.45, 7) is 2.46. The lowest BCUT2D eigenvalue weighted by Crippen LogP contribution is -2.57. The van der Waals surface area contributed by atoms with Gasteiger partial charge in [0.05, 0.1) is 19.6 Å². The number of hydrogen-bond donors (Lipinski definition) is 7. The van der Waals surface area contributed by atoms with Gasteiger partial charge in [0.15, 0.2) is 0 Å². The highest BCUT2D eigenvalue weighted by Gasteiger charge is 2.30. The van der Waals surface area contributed by atoms with Crippen molar-refractivity contribution >= 4 is 29.6 Å². The molecule has 27 heavy (non-hydrogen) atoms. The number of aliphatic hydroxyl groups excluding tert-OH is 1. The highest BCUT2D eigenvalue weighted by Crippen LogP contribution is 2.05. The van der Waals surface area contributed by atoms with E-state index < -0.39 is 60.8 Å². The molecule has 0 aliphatic carbocycles. The molecule has 0 radical (unpaired) electrons. The minimum Gasteiger partial charge on any atom is -0.480 e. The standard InChI is InChI=1S/C15H27N5O7/c1-7(2)3-8(18-12(23)5-16)13(24)20-10(6-21)14(25)19-9(15(26)27)4-11(17)22/h7-10,21H,3-6,16H2,1-2H3,(H2,17,22)(H,18,23)(H,19,25)(H,20,24)(H,26,27). The Kier molecular flexibility index (Phi) is 10.6. The second-order valence-electron chi connectivity index (χ2n) is 6.27. The first-order valence-corrected chi connectivity index (χ1v) is 8.23. The minimum atomic E-state index is -1.61. The van der Waals surface area contributed by atoms with Gasteiger partial charge in [-0.1, -0.05) is 13.8 Å². The van der Waals surface area contributed by atoms with Gasteiger partial charge in [0.2, 0.25) is 23.6 Å². The lowest BCUT2D eigenvalue weighted by atomic mass is 10.0. The molecule has 4 amide bonds. The number of nitrogens with two attached hydrogens (primary N) is 2. The third-order valence-electron chi connectivity index (χ3n) is 3.38. The Morgan fingerprint density at radius 3 is 1.85 bits per heavy atom. The zero-order valence-corrected chi connectivity index (χ0v) is 15.2. The highest BCUT2D eigenvalue weighted by molar-refractivity contribution is 5.94.